The molecule has 1 aromatic carbocycles. The predicted octanol–water partition coefficient (Wildman–Crippen LogP) is 1.23. The molecule has 0 aliphatic carbocycles. The fourth-order valence-corrected chi connectivity index (χ4v) is 1.59. The Morgan fingerprint density at radius 3 is 2.33 bits per heavy atom. The van der Waals surface area contributed by atoms with Crippen LogP contribution in [0.3, 0.4) is 0 Å². The van der Waals surface area contributed by atoms with E-state index in [0.29, 0.717) is 15.8 Å². The summed E-state index contributed by atoms with van der Waals surface area (Å²) in [7, 11) is 1.49. The third kappa shape index (κ3) is 5.25. The molecule has 0 spiro atoms. The van der Waals surface area contributed by atoms with E-state index in [4.69, 9.17) is 27.9 Å². The summed E-state index contributed by atoms with van der Waals surface area (Å²) in [6.45, 7) is -0.303. The molecule has 2 amide bonds. The molecular formula is C11H12Cl2N2O3. The lowest BCUT2D eigenvalue weighted by atomic mass is 10.3. The number of rotatable bonds is 5. The number of benzene rings is 1. The van der Waals surface area contributed by atoms with Crippen LogP contribution in [-0.2, 0) is 9.59 Å². The number of nitrogens with one attached hydrogen (secondary N) is 2. The number of ether oxygens (including phenoxy) is 1. The molecule has 0 unspecified atom stereocenters. The van der Waals surface area contributed by atoms with E-state index in [9.17, 15) is 9.59 Å². The Bertz CT molecular complexity index is 432. The van der Waals surface area contributed by atoms with Crippen LogP contribution < -0.4 is 15.4 Å². The average molecular weight is 291 g/mol. The molecule has 7 heteroatoms. The molecule has 1 rings (SSSR count). The van der Waals surface area contributed by atoms with Crippen LogP contribution in [0.25, 0.3) is 0 Å². The maximum Gasteiger partial charge on any atom is 0.258 e. The highest BCUT2D eigenvalue weighted by molar-refractivity contribution is 6.34. The molecule has 0 fully saturated rings. The first kappa shape index (κ1) is 14.6. The number of hydrogen-bond donors (Lipinski definition) is 2. The van der Waals surface area contributed by atoms with E-state index in [1.54, 1.807) is 18.2 Å². The van der Waals surface area contributed by atoms with Crippen molar-refractivity contribution in [2.45, 2.75) is 0 Å². The van der Waals surface area contributed by atoms with Gasteiger partial charge in [-0.1, -0.05) is 23.2 Å². The molecular weight excluding hydrogens is 279 g/mol. The van der Waals surface area contributed by atoms with Crippen molar-refractivity contribution in [3.8, 4) is 5.75 Å². The zero-order chi connectivity index (χ0) is 13.5. The summed E-state index contributed by atoms with van der Waals surface area (Å²) in [5, 5.41) is 5.61. The third-order valence-electron chi connectivity index (χ3n) is 1.93. The second-order valence-electron chi connectivity index (χ2n) is 3.34. The molecule has 0 aromatic heterocycles. The van der Waals surface area contributed by atoms with Gasteiger partial charge >= 0.3 is 0 Å². The highest BCUT2D eigenvalue weighted by Gasteiger charge is 2.06. The van der Waals surface area contributed by atoms with Crippen LogP contribution in [0.5, 0.6) is 5.75 Å². The quantitative estimate of drug-likeness (QED) is 0.857. The van der Waals surface area contributed by atoms with Gasteiger partial charge in [0.2, 0.25) is 5.91 Å². The molecule has 0 aliphatic heterocycles. The standard InChI is InChI=1S/C11H12Cl2N2O3/c1-14-10(16)5-15-11(17)6-18-9-3-7(12)2-8(13)4-9/h2-4H,5-6H2,1H3,(H,14,16)(H,15,17). The van der Waals surface area contributed by atoms with Crippen LogP contribution in [0.4, 0.5) is 0 Å². The van der Waals surface area contributed by atoms with Gasteiger partial charge in [-0.15, -0.1) is 0 Å². The Balaban J connectivity index is 2.40. The lowest BCUT2D eigenvalue weighted by Crippen LogP contribution is -2.37. The SMILES string of the molecule is CNC(=O)CNC(=O)COc1cc(Cl)cc(Cl)c1. The van der Waals surface area contributed by atoms with Crippen molar-refractivity contribution >= 4 is 35.0 Å². The maximum atomic E-state index is 11.3. The Morgan fingerprint density at radius 2 is 1.78 bits per heavy atom. The van der Waals surface area contributed by atoms with Gasteiger partial charge in [-0.2, -0.15) is 0 Å². The summed E-state index contributed by atoms with van der Waals surface area (Å²) >= 11 is 11.5. The topological polar surface area (TPSA) is 67.4 Å². The summed E-state index contributed by atoms with van der Waals surface area (Å²) in [5.41, 5.74) is 0. The highest BCUT2D eigenvalue weighted by atomic mass is 35.5. The first-order chi connectivity index (χ1) is 8.51. The van der Waals surface area contributed by atoms with Gasteiger partial charge in [-0.25, -0.2) is 0 Å². The minimum atomic E-state index is -0.408. The molecule has 5 nitrogen and oxygen atoms in total. The molecule has 18 heavy (non-hydrogen) atoms. The van der Waals surface area contributed by atoms with Crippen LogP contribution in [0.15, 0.2) is 18.2 Å². The largest absolute Gasteiger partial charge is 0.484 e. The minimum Gasteiger partial charge on any atom is -0.484 e. The summed E-state index contributed by atoms with van der Waals surface area (Å²) in [6.07, 6.45) is 0. The van der Waals surface area contributed by atoms with E-state index in [1.807, 2.05) is 0 Å². The molecule has 0 heterocycles. The highest BCUT2D eigenvalue weighted by Crippen LogP contribution is 2.23. The second kappa shape index (κ2) is 7.08. The van der Waals surface area contributed by atoms with Gasteiger partial charge in [0.15, 0.2) is 6.61 Å². The van der Waals surface area contributed by atoms with Gasteiger partial charge in [0, 0.05) is 17.1 Å². The lowest BCUT2D eigenvalue weighted by Gasteiger charge is -2.07. The van der Waals surface area contributed by atoms with Crippen molar-refractivity contribution in [1.82, 2.24) is 10.6 Å². The summed E-state index contributed by atoms with van der Waals surface area (Å²) < 4.78 is 5.18. The summed E-state index contributed by atoms with van der Waals surface area (Å²) in [4.78, 5) is 22.2. The average Bonchev–Trinajstić information content (AvgIpc) is 2.32. The fraction of sp³-hybridized carbons (Fsp3) is 0.273. The molecule has 2 N–H and O–H groups in total. The molecule has 0 saturated carbocycles. The molecule has 0 radical (unpaired) electrons. The minimum absolute atomic E-state index is 0.0883. The van der Waals surface area contributed by atoms with Gasteiger partial charge in [-0.3, -0.25) is 9.59 Å². The van der Waals surface area contributed by atoms with Gasteiger partial charge in [-0.05, 0) is 18.2 Å². The number of halogens is 2. The lowest BCUT2D eigenvalue weighted by molar-refractivity contribution is -0.127. The number of hydrogen-bond acceptors (Lipinski definition) is 3. The van der Waals surface area contributed by atoms with E-state index >= 15 is 0 Å². The first-order valence-electron chi connectivity index (χ1n) is 5.07. The zero-order valence-corrected chi connectivity index (χ0v) is 11.1. The van der Waals surface area contributed by atoms with Crippen molar-refractivity contribution in [2.75, 3.05) is 20.2 Å². The van der Waals surface area contributed by atoms with Crippen LogP contribution in [0.1, 0.15) is 0 Å². The fourth-order valence-electron chi connectivity index (χ4n) is 1.08. The molecule has 0 aliphatic rings. The smallest absolute Gasteiger partial charge is 0.258 e. The van der Waals surface area contributed by atoms with Crippen molar-refractivity contribution in [1.29, 1.82) is 0 Å². The zero-order valence-electron chi connectivity index (χ0n) is 9.63. The predicted molar refractivity (Wildman–Crippen MR) is 69.0 cm³/mol. The Hall–Kier alpha value is -1.46. The third-order valence-corrected chi connectivity index (χ3v) is 2.37. The Morgan fingerprint density at radius 1 is 1.17 bits per heavy atom. The molecule has 1 aromatic rings. The Labute approximate surface area is 114 Å². The van der Waals surface area contributed by atoms with Gasteiger partial charge < -0.3 is 15.4 Å². The van der Waals surface area contributed by atoms with E-state index in [-0.39, 0.29) is 19.1 Å². The number of likely N-dealkylation sites (N-methyl/N-ethyl adjacent to an activating group) is 1. The normalized spacial score (nSPS) is 9.72. The van der Waals surface area contributed by atoms with E-state index in [0.717, 1.165) is 0 Å². The van der Waals surface area contributed by atoms with Crippen molar-refractivity contribution in [3.05, 3.63) is 28.2 Å². The van der Waals surface area contributed by atoms with Gasteiger partial charge in [0.25, 0.3) is 5.91 Å². The van der Waals surface area contributed by atoms with E-state index < -0.39 is 5.91 Å². The summed E-state index contributed by atoms with van der Waals surface area (Å²) in [6, 6.07) is 4.64. The van der Waals surface area contributed by atoms with Crippen LogP contribution >= 0.6 is 23.2 Å². The molecule has 0 bridgehead atoms. The number of amides is 2. The Kier molecular flexibility index (Phi) is 5.74. The molecule has 0 atom stereocenters. The van der Waals surface area contributed by atoms with Gasteiger partial charge in [0.1, 0.15) is 5.75 Å². The van der Waals surface area contributed by atoms with E-state index in [2.05, 4.69) is 10.6 Å². The number of carbonyl (C=O) groups excluding carboxylic acids is 2. The second-order valence-corrected chi connectivity index (χ2v) is 4.22. The van der Waals surface area contributed by atoms with Crippen LogP contribution in [0.2, 0.25) is 10.0 Å². The van der Waals surface area contributed by atoms with Crippen molar-refractivity contribution in [3.63, 3.8) is 0 Å². The van der Waals surface area contributed by atoms with Gasteiger partial charge in [0.05, 0.1) is 6.54 Å². The van der Waals surface area contributed by atoms with E-state index in [1.165, 1.54) is 7.05 Å². The van der Waals surface area contributed by atoms with Crippen molar-refractivity contribution in [2.24, 2.45) is 0 Å². The van der Waals surface area contributed by atoms with Crippen LogP contribution in [0, 0.1) is 0 Å². The first-order valence-corrected chi connectivity index (χ1v) is 5.83. The number of carbonyl (C=O) groups is 2. The van der Waals surface area contributed by atoms with Crippen LogP contribution in [-0.4, -0.2) is 32.0 Å². The monoisotopic (exact) mass is 290 g/mol. The molecule has 98 valence electrons. The molecule has 0 saturated heterocycles. The summed E-state index contributed by atoms with van der Waals surface area (Å²) in [5.74, 6) is -0.300. The maximum absolute atomic E-state index is 11.3. The van der Waals surface area contributed by atoms with Crippen molar-refractivity contribution < 1.29 is 14.3 Å².